The fourth-order valence-electron chi connectivity index (χ4n) is 2.96. The lowest BCUT2D eigenvalue weighted by Gasteiger charge is -2.32. The summed E-state index contributed by atoms with van der Waals surface area (Å²) in [5.74, 6) is -0.407. The fourth-order valence-corrected chi connectivity index (χ4v) is 4.45. The topological polar surface area (TPSA) is 83.5 Å². The van der Waals surface area contributed by atoms with Crippen LogP contribution in [0.3, 0.4) is 0 Å². The number of carbonyl (C=O) groups is 1. The first-order valence-electron chi connectivity index (χ1n) is 6.65. The monoisotopic (exact) mass is 275 g/mol. The zero-order valence-corrected chi connectivity index (χ0v) is 11.3. The maximum Gasteiger partial charge on any atom is 0.306 e. The second kappa shape index (κ2) is 5.57. The Balaban J connectivity index is 1.81. The minimum atomic E-state index is -2.81. The predicted molar refractivity (Wildman–Crippen MR) is 68.2 cm³/mol. The summed E-state index contributed by atoms with van der Waals surface area (Å²) in [7, 11) is -2.81. The molecule has 1 aliphatic carbocycles. The molecule has 2 atom stereocenters. The van der Waals surface area contributed by atoms with E-state index in [0.717, 1.165) is 19.3 Å². The third-order valence-corrected chi connectivity index (χ3v) is 5.76. The van der Waals surface area contributed by atoms with Crippen LogP contribution in [0.15, 0.2) is 0 Å². The number of hydrogen-bond donors (Lipinski definition) is 2. The molecule has 0 aromatic heterocycles. The highest BCUT2D eigenvalue weighted by atomic mass is 32.2. The van der Waals surface area contributed by atoms with Gasteiger partial charge in [0, 0.05) is 12.1 Å². The number of sulfone groups is 1. The van der Waals surface area contributed by atoms with Gasteiger partial charge in [-0.3, -0.25) is 4.79 Å². The van der Waals surface area contributed by atoms with Crippen molar-refractivity contribution in [1.82, 2.24) is 5.32 Å². The Morgan fingerprint density at radius 2 is 1.72 bits per heavy atom. The Morgan fingerprint density at radius 1 is 1.06 bits per heavy atom. The van der Waals surface area contributed by atoms with Gasteiger partial charge in [-0.15, -0.1) is 0 Å². The minimum absolute atomic E-state index is 0.233. The molecule has 0 aromatic carbocycles. The van der Waals surface area contributed by atoms with Crippen molar-refractivity contribution < 1.29 is 18.3 Å². The number of carboxylic acids is 1. The van der Waals surface area contributed by atoms with Gasteiger partial charge in [0.05, 0.1) is 17.4 Å². The highest BCUT2D eigenvalue weighted by Crippen LogP contribution is 2.25. The summed E-state index contributed by atoms with van der Waals surface area (Å²) >= 11 is 0. The molecular weight excluding hydrogens is 254 g/mol. The number of nitrogens with one attached hydrogen (secondary N) is 1. The molecule has 1 aliphatic heterocycles. The van der Waals surface area contributed by atoms with Crippen molar-refractivity contribution in [1.29, 1.82) is 0 Å². The molecule has 2 aliphatic rings. The van der Waals surface area contributed by atoms with E-state index in [1.807, 2.05) is 0 Å². The number of hydrogen-bond acceptors (Lipinski definition) is 4. The van der Waals surface area contributed by atoms with Crippen molar-refractivity contribution in [2.24, 2.45) is 5.92 Å². The molecule has 0 radical (unpaired) electrons. The van der Waals surface area contributed by atoms with Gasteiger partial charge in [-0.2, -0.15) is 0 Å². The molecule has 2 rings (SSSR count). The highest BCUT2D eigenvalue weighted by molar-refractivity contribution is 7.91. The molecule has 1 heterocycles. The maximum atomic E-state index is 11.3. The average Bonchev–Trinajstić information content (AvgIpc) is 2.32. The lowest BCUT2D eigenvalue weighted by molar-refractivity contribution is -0.143. The molecule has 0 aromatic rings. The Bertz CT molecular complexity index is 392. The number of carboxylic acid groups (broad SMARTS) is 1. The quantitative estimate of drug-likeness (QED) is 0.796. The third-order valence-electron chi connectivity index (χ3n) is 4.05. The molecule has 5 nitrogen and oxygen atoms in total. The molecule has 1 saturated carbocycles. The van der Waals surface area contributed by atoms with Gasteiger partial charge in [-0.25, -0.2) is 8.42 Å². The predicted octanol–water partition coefficient (Wildman–Crippen LogP) is 0.797. The van der Waals surface area contributed by atoms with Crippen LogP contribution in [0.5, 0.6) is 0 Å². The van der Waals surface area contributed by atoms with Crippen LogP contribution < -0.4 is 5.32 Å². The van der Waals surface area contributed by atoms with Crippen molar-refractivity contribution in [2.75, 3.05) is 11.5 Å². The van der Waals surface area contributed by atoms with E-state index in [2.05, 4.69) is 5.32 Å². The summed E-state index contributed by atoms with van der Waals surface area (Å²) in [5.41, 5.74) is 0. The Kier molecular flexibility index (Phi) is 4.27. The molecule has 2 unspecified atom stereocenters. The Hall–Kier alpha value is -0.620. The van der Waals surface area contributed by atoms with Crippen LogP contribution in [0.2, 0.25) is 0 Å². The minimum Gasteiger partial charge on any atom is -0.481 e. The molecule has 1 saturated heterocycles. The van der Waals surface area contributed by atoms with E-state index in [4.69, 9.17) is 5.11 Å². The Morgan fingerprint density at radius 3 is 2.33 bits per heavy atom. The molecule has 2 fully saturated rings. The van der Waals surface area contributed by atoms with Crippen LogP contribution in [0.25, 0.3) is 0 Å². The lowest BCUT2D eigenvalue weighted by Crippen LogP contribution is -2.45. The van der Waals surface area contributed by atoms with Gasteiger partial charge in [-0.05, 0) is 32.1 Å². The summed E-state index contributed by atoms with van der Waals surface area (Å²) in [6, 6.07) is 0.483. The van der Waals surface area contributed by atoms with Crippen molar-refractivity contribution in [3.8, 4) is 0 Å². The van der Waals surface area contributed by atoms with E-state index in [-0.39, 0.29) is 29.5 Å². The van der Waals surface area contributed by atoms with Gasteiger partial charge in [0.25, 0.3) is 0 Å². The first-order valence-corrected chi connectivity index (χ1v) is 8.48. The van der Waals surface area contributed by atoms with Crippen LogP contribution in [0, 0.1) is 5.92 Å². The second-order valence-electron chi connectivity index (χ2n) is 5.49. The molecule has 104 valence electrons. The molecule has 2 N–H and O–H groups in total. The average molecular weight is 275 g/mol. The van der Waals surface area contributed by atoms with E-state index >= 15 is 0 Å². The maximum absolute atomic E-state index is 11.3. The zero-order valence-electron chi connectivity index (χ0n) is 10.5. The molecule has 0 amide bonds. The largest absolute Gasteiger partial charge is 0.481 e. The van der Waals surface area contributed by atoms with Crippen LogP contribution in [0.4, 0.5) is 0 Å². The van der Waals surface area contributed by atoms with Crippen molar-refractivity contribution in [3.05, 3.63) is 0 Å². The van der Waals surface area contributed by atoms with E-state index in [9.17, 15) is 13.2 Å². The molecule has 0 bridgehead atoms. The van der Waals surface area contributed by atoms with Gasteiger partial charge in [-0.1, -0.05) is 6.42 Å². The normalized spacial score (nSPS) is 33.1. The first-order chi connectivity index (χ1) is 8.46. The van der Waals surface area contributed by atoms with Crippen molar-refractivity contribution >= 4 is 15.8 Å². The van der Waals surface area contributed by atoms with Gasteiger partial charge < -0.3 is 10.4 Å². The van der Waals surface area contributed by atoms with Crippen LogP contribution in [-0.2, 0) is 14.6 Å². The number of rotatable bonds is 3. The zero-order chi connectivity index (χ0) is 13.2. The molecule has 18 heavy (non-hydrogen) atoms. The van der Waals surface area contributed by atoms with Crippen molar-refractivity contribution in [3.63, 3.8) is 0 Å². The van der Waals surface area contributed by atoms with Gasteiger partial charge in [0.15, 0.2) is 0 Å². The van der Waals surface area contributed by atoms with Crippen LogP contribution in [0.1, 0.15) is 38.5 Å². The molecule has 0 spiro atoms. The summed E-state index contributed by atoms with van der Waals surface area (Å²) < 4.78 is 22.6. The highest BCUT2D eigenvalue weighted by Gasteiger charge is 2.30. The van der Waals surface area contributed by atoms with E-state index in [1.54, 1.807) is 0 Å². The lowest BCUT2D eigenvalue weighted by atomic mass is 9.85. The van der Waals surface area contributed by atoms with Gasteiger partial charge in [0.1, 0.15) is 9.84 Å². The summed E-state index contributed by atoms with van der Waals surface area (Å²) in [6.07, 6.45) is 4.73. The van der Waals surface area contributed by atoms with Crippen molar-refractivity contribution in [2.45, 2.75) is 50.6 Å². The van der Waals surface area contributed by atoms with Crippen LogP contribution in [-0.4, -0.2) is 43.1 Å². The SMILES string of the molecule is O=C(O)C1CCCC(NC2CCS(=O)(=O)CC2)C1. The standard InChI is InChI=1S/C12H21NO4S/c14-12(15)9-2-1-3-11(8-9)13-10-4-6-18(16,17)7-5-10/h9-11,13H,1-8H2,(H,14,15). The second-order valence-corrected chi connectivity index (χ2v) is 7.80. The summed E-state index contributed by atoms with van der Waals surface area (Å²) in [5, 5.41) is 12.5. The molecular formula is C12H21NO4S. The summed E-state index contributed by atoms with van der Waals surface area (Å²) in [4.78, 5) is 11.0. The van der Waals surface area contributed by atoms with Crippen LogP contribution >= 0.6 is 0 Å². The summed E-state index contributed by atoms with van der Waals surface area (Å²) in [6.45, 7) is 0. The van der Waals surface area contributed by atoms with E-state index in [0.29, 0.717) is 19.3 Å². The fraction of sp³-hybridized carbons (Fsp3) is 0.917. The number of aliphatic carboxylic acids is 1. The van der Waals surface area contributed by atoms with Gasteiger partial charge in [0.2, 0.25) is 0 Å². The molecule has 6 heteroatoms. The van der Waals surface area contributed by atoms with Gasteiger partial charge >= 0.3 is 5.97 Å². The van der Waals surface area contributed by atoms with E-state index < -0.39 is 15.8 Å². The van der Waals surface area contributed by atoms with E-state index in [1.165, 1.54) is 0 Å². The third kappa shape index (κ3) is 3.68. The Labute approximate surface area is 108 Å². The first kappa shape index (κ1) is 13.8. The smallest absolute Gasteiger partial charge is 0.306 e.